The van der Waals surface area contributed by atoms with E-state index in [0.29, 0.717) is 17.0 Å². The second-order valence-corrected chi connectivity index (χ2v) is 6.10. The molecule has 0 N–H and O–H groups in total. The molecule has 0 unspecified atom stereocenters. The van der Waals surface area contributed by atoms with Crippen LogP contribution in [-0.4, -0.2) is 11.0 Å². The van der Waals surface area contributed by atoms with Gasteiger partial charge < -0.3 is 0 Å². The predicted octanol–water partition coefficient (Wildman–Crippen LogP) is 3.85. The van der Waals surface area contributed by atoms with Gasteiger partial charge in [-0.2, -0.15) is 0 Å². The lowest BCUT2D eigenvalue weighted by Gasteiger charge is -2.25. The van der Waals surface area contributed by atoms with Crippen molar-refractivity contribution >= 4 is 17.5 Å². The van der Waals surface area contributed by atoms with E-state index in [1.165, 1.54) is 11.3 Å². The van der Waals surface area contributed by atoms with Gasteiger partial charge in [0.25, 0.3) is 0 Å². The zero-order chi connectivity index (χ0) is 11.7. The van der Waals surface area contributed by atoms with Crippen molar-refractivity contribution in [2.75, 3.05) is 0 Å². The molecule has 1 saturated carbocycles. The lowest BCUT2D eigenvalue weighted by atomic mass is 9.85. The van der Waals surface area contributed by atoms with E-state index in [1.54, 1.807) is 0 Å². The van der Waals surface area contributed by atoms with Crippen LogP contribution in [0.25, 0.3) is 0 Å². The number of Topliss-reactive ketones (excluding diaryl/α,β-unsaturated/α-hetero) is 1. The molecule has 2 atom stereocenters. The van der Waals surface area contributed by atoms with Crippen LogP contribution in [-0.2, 0) is 4.79 Å². The van der Waals surface area contributed by atoms with Gasteiger partial charge in [0.05, 0.1) is 0 Å². The maximum absolute atomic E-state index is 11.8. The molecule has 2 aliphatic carbocycles. The fourth-order valence-electron chi connectivity index (χ4n) is 2.85. The van der Waals surface area contributed by atoms with Gasteiger partial charge >= 0.3 is 0 Å². The van der Waals surface area contributed by atoms with Crippen LogP contribution in [0, 0.1) is 5.92 Å². The van der Waals surface area contributed by atoms with Crippen molar-refractivity contribution in [2.24, 2.45) is 5.92 Å². The van der Waals surface area contributed by atoms with Crippen molar-refractivity contribution in [1.29, 1.82) is 0 Å². The highest BCUT2D eigenvalue weighted by molar-refractivity contribution is 8.00. The highest BCUT2D eigenvalue weighted by atomic mass is 32.2. The Balaban J connectivity index is 1.73. The molecule has 2 aliphatic rings. The third-order valence-corrected chi connectivity index (χ3v) is 5.06. The molecule has 3 rings (SSSR count). The van der Waals surface area contributed by atoms with Gasteiger partial charge in [0.2, 0.25) is 0 Å². The molecule has 0 heterocycles. The first-order valence-electron chi connectivity index (χ1n) is 6.29. The van der Waals surface area contributed by atoms with Gasteiger partial charge in [-0.25, -0.2) is 0 Å². The minimum Gasteiger partial charge on any atom is -0.295 e. The number of hydrogen-bond acceptors (Lipinski definition) is 2. The van der Waals surface area contributed by atoms with Gasteiger partial charge in [-0.3, -0.25) is 4.79 Å². The molecule has 0 saturated heterocycles. The Bertz CT molecular complexity index is 449. The second-order valence-electron chi connectivity index (χ2n) is 4.79. The Labute approximate surface area is 106 Å². The summed E-state index contributed by atoms with van der Waals surface area (Å²) < 4.78 is 0. The zero-order valence-electron chi connectivity index (χ0n) is 9.76. The Morgan fingerprint density at radius 2 is 2.00 bits per heavy atom. The van der Waals surface area contributed by atoms with Crippen LogP contribution < -0.4 is 0 Å². The van der Waals surface area contributed by atoms with Gasteiger partial charge in [0, 0.05) is 16.6 Å². The SMILES string of the molecule is O=C1CCC[C@@H]2C1=CC[C@H]2Sc1ccccc1. The molecule has 0 spiro atoms. The Kier molecular flexibility index (Phi) is 3.06. The van der Waals surface area contributed by atoms with Crippen LogP contribution in [0.1, 0.15) is 25.7 Å². The van der Waals surface area contributed by atoms with Crippen LogP contribution in [0.4, 0.5) is 0 Å². The first-order chi connectivity index (χ1) is 8.34. The van der Waals surface area contributed by atoms with E-state index in [9.17, 15) is 4.79 Å². The fourth-order valence-corrected chi connectivity index (χ4v) is 4.16. The van der Waals surface area contributed by atoms with Crippen molar-refractivity contribution in [1.82, 2.24) is 0 Å². The minimum atomic E-state index is 0.400. The molecule has 0 aromatic heterocycles. The van der Waals surface area contributed by atoms with E-state index in [1.807, 2.05) is 17.8 Å². The number of carbonyl (C=O) groups is 1. The minimum absolute atomic E-state index is 0.400. The van der Waals surface area contributed by atoms with Gasteiger partial charge in [-0.1, -0.05) is 24.3 Å². The first-order valence-corrected chi connectivity index (χ1v) is 7.17. The number of fused-ring (bicyclic) bond motifs is 1. The summed E-state index contributed by atoms with van der Waals surface area (Å²) in [6.45, 7) is 0. The van der Waals surface area contributed by atoms with E-state index in [0.717, 1.165) is 24.8 Å². The molecule has 1 fully saturated rings. The molecule has 88 valence electrons. The highest BCUT2D eigenvalue weighted by Crippen LogP contribution is 2.44. The summed E-state index contributed by atoms with van der Waals surface area (Å²) in [5.74, 6) is 0.916. The van der Waals surface area contributed by atoms with Crippen molar-refractivity contribution in [2.45, 2.75) is 35.8 Å². The summed E-state index contributed by atoms with van der Waals surface area (Å²) in [4.78, 5) is 13.1. The molecule has 0 radical (unpaired) electrons. The monoisotopic (exact) mass is 244 g/mol. The molecule has 0 amide bonds. The predicted molar refractivity (Wildman–Crippen MR) is 71.1 cm³/mol. The van der Waals surface area contributed by atoms with Crippen LogP contribution in [0.2, 0.25) is 0 Å². The van der Waals surface area contributed by atoms with Gasteiger partial charge in [-0.05, 0) is 42.9 Å². The van der Waals surface area contributed by atoms with Crippen LogP contribution >= 0.6 is 11.8 Å². The van der Waals surface area contributed by atoms with E-state index in [2.05, 4.69) is 30.3 Å². The number of thioether (sulfide) groups is 1. The lowest BCUT2D eigenvalue weighted by Crippen LogP contribution is -2.22. The Morgan fingerprint density at radius 1 is 1.18 bits per heavy atom. The summed E-state index contributed by atoms with van der Waals surface area (Å²) in [6, 6.07) is 10.5. The molecule has 1 nitrogen and oxygen atoms in total. The molecule has 2 heteroatoms. The molecule has 0 aliphatic heterocycles. The largest absolute Gasteiger partial charge is 0.295 e. The topological polar surface area (TPSA) is 17.1 Å². The third-order valence-electron chi connectivity index (χ3n) is 3.69. The Morgan fingerprint density at radius 3 is 2.82 bits per heavy atom. The normalized spacial score (nSPS) is 27.8. The van der Waals surface area contributed by atoms with Crippen LogP contribution in [0.15, 0.2) is 46.9 Å². The molecular weight excluding hydrogens is 228 g/mol. The van der Waals surface area contributed by atoms with Crippen molar-refractivity contribution in [3.63, 3.8) is 0 Å². The summed E-state index contributed by atoms with van der Waals surface area (Å²) in [5, 5.41) is 0.580. The molecule has 0 bridgehead atoms. The zero-order valence-corrected chi connectivity index (χ0v) is 10.6. The number of ketones is 1. The summed E-state index contributed by atoms with van der Waals surface area (Å²) >= 11 is 1.93. The van der Waals surface area contributed by atoms with Crippen molar-refractivity contribution in [3.05, 3.63) is 42.0 Å². The van der Waals surface area contributed by atoms with Crippen molar-refractivity contribution < 1.29 is 4.79 Å². The number of benzene rings is 1. The van der Waals surface area contributed by atoms with Gasteiger partial charge in [0.1, 0.15) is 0 Å². The highest BCUT2D eigenvalue weighted by Gasteiger charge is 2.35. The number of carbonyl (C=O) groups excluding carboxylic acids is 1. The average Bonchev–Trinajstić information content (AvgIpc) is 2.76. The van der Waals surface area contributed by atoms with E-state index in [4.69, 9.17) is 0 Å². The van der Waals surface area contributed by atoms with Crippen LogP contribution in [0.5, 0.6) is 0 Å². The van der Waals surface area contributed by atoms with E-state index < -0.39 is 0 Å². The van der Waals surface area contributed by atoms with E-state index >= 15 is 0 Å². The molecular formula is C15H16OS. The summed E-state index contributed by atoms with van der Waals surface area (Å²) in [5.41, 5.74) is 1.13. The number of allylic oxidation sites excluding steroid dienone is 2. The van der Waals surface area contributed by atoms with Gasteiger partial charge in [0.15, 0.2) is 5.78 Å². The quantitative estimate of drug-likeness (QED) is 0.786. The molecule has 1 aromatic carbocycles. The number of rotatable bonds is 2. The maximum atomic E-state index is 11.8. The smallest absolute Gasteiger partial charge is 0.158 e. The first kappa shape index (κ1) is 11.1. The van der Waals surface area contributed by atoms with Gasteiger partial charge in [-0.15, -0.1) is 11.8 Å². The summed E-state index contributed by atoms with van der Waals surface area (Å²) in [6.07, 6.45) is 6.29. The van der Waals surface area contributed by atoms with E-state index in [-0.39, 0.29) is 0 Å². The standard InChI is InChI=1S/C15H16OS/c16-14-8-4-7-13-12(14)9-10-15(13)17-11-5-2-1-3-6-11/h1-3,5-6,9,13,15H,4,7-8,10H2/t13-,15-/m1/s1. The van der Waals surface area contributed by atoms with Crippen LogP contribution in [0.3, 0.4) is 0 Å². The number of hydrogen-bond donors (Lipinski definition) is 0. The average molecular weight is 244 g/mol. The lowest BCUT2D eigenvalue weighted by molar-refractivity contribution is -0.117. The van der Waals surface area contributed by atoms with Crippen molar-refractivity contribution in [3.8, 4) is 0 Å². The maximum Gasteiger partial charge on any atom is 0.158 e. The molecule has 17 heavy (non-hydrogen) atoms. The second kappa shape index (κ2) is 4.69. The summed E-state index contributed by atoms with van der Waals surface area (Å²) in [7, 11) is 0. The Hall–Kier alpha value is -1.02. The fraction of sp³-hybridized carbons (Fsp3) is 0.400. The third kappa shape index (κ3) is 2.19. The molecule has 1 aromatic rings.